The predicted octanol–water partition coefficient (Wildman–Crippen LogP) is 4.37. The lowest BCUT2D eigenvalue weighted by Crippen LogP contribution is -2.36. The molecular weight excluding hydrogens is 405 g/mol. The number of hydrogen-bond acceptors (Lipinski definition) is 1. The Morgan fingerprint density at radius 1 is 1.44 bits per heavy atom. The van der Waals surface area contributed by atoms with Gasteiger partial charge in [0.2, 0.25) is 0 Å². The van der Waals surface area contributed by atoms with Crippen LogP contribution in [0.2, 0.25) is 0 Å². The van der Waals surface area contributed by atoms with Crippen LogP contribution in [-0.2, 0) is 0 Å². The Morgan fingerprint density at radius 2 is 2.11 bits per heavy atom. The number of nitrogens with zero attached hydrogens (tertiary/aromatic N) is 1. The molecule has 0 aromatic heterocycles. The molecule has 1 aliphatic heterocycles. The minimum atomic E-state index is 0.203. The summed E-state index contributed by atoms with van der Waals surface area (Å²) in [6, 6.07) is 4.69. The zero-order chi connectivity index (χ0) is 13.0. The number of carbonyl (C=O) groups excluding carboxylic acids is 1. The van der Waals surface area contributed by atoms with E-state index in [1.807, 2.05) is 6.07 Å². The summed E-state index contributed by atoms with van der Waals surface area (Å²) in [7, 11) is 0. The highest BCUT2D eigenvalue weighted by atomic mass is 127. The summed E-state index contributed by atoms with van der Waals surface area (Å²) in [5, 5.41) is 0. The molecular formula is C14H15BrINO. The smallest absolute Gasteiger partial charge is 0.256 e. The van der Waals surface area contributed by atoms with E-state index < -0.39 is 0 Å². The summed E-state index contributed by atoms with van der Waals surface area (Å²) in [5.41, 5.74) is 2.09. The third-order valence-corrected chi connectivity index (χ3v) is 5.45. The van der Waals surface area contributed by atoms with Gasteiger partial charge in [-0.05, 0) is 72.9 Å². The van der Waals surface area contributed by atoms with Crippen molar-refractivity contribution in [1.29, 1.82) is 0 Å². The first-order valence-electron chi connectivity index (χ1n) is 6.32. The van der Waals surface area contributed by atoms with E-state index in [0.717, 1.165) is 13.6 Å². The van der Waals surface area contributed by atoms with Crippen LogP contribution in [0.4, 0.5) is 0 Å². The maximum atomic E-state index is 12.6. The van der Waals surface area contributed by atoms with Crippen molar-refractivity contribution < 1.29 is 4.79 Å². The second-order valence-electron chi connectivity index (χ2n) is 5.32. The number of rotatable bonds is 2. The molecule has 2 aliphatic rings. The molecule has 1 heterocycles. The summed E-state index contributed by atoms with van der Waals surface area (Å²) in [6.07, 6.45) is 2.55. The SMILES string of the molecule is CC1c2cc(Br)cc(I)c2C(=O)N1[C@@H](C)C1CC1. The number of carbonyl (C=O) groups is 1. The van der Waals surface area contributed by atoms with E-state index in [2.05, 4.69) is 63.3 Å². The van der Waals surface area contributed by atoms with Crippen LogP contribution in [0.25, 0.3) is 0 Å². The summed E-state index contributed by atoms with van der Waals surface area (Å²) >= 11 is 5.79. The summed E-state index contributed by atoms with van der Waals surface area (Å²) in [6.45, 7) is 4.34. The van der Waals surface area contributed by atoms with Crippen LogP contribution < -0.4 is 0 Å². The van der Waals surface area contributed by atoms with E-state index in [-0.39, 0.29) is 11.9 Å². The van der Waals surface area contributed by atoms with Gasteiger partial charge in [-0.15, -0.1) is 0 Å². The van der Waals surface area contributed by atoms with Crippen molar-refractivity contribution in [3.8, 4) is 0 Å². The number of hydrogen-bond donors (Lipinski definition) is 0. The largest absolute Gasteiger partial charge is 0.329 e. The lowest BCUT2D eigenvalue weighted by atomic mass is 10.1. The van der Waals surface area contributed by atoms with Crippen LogP contribution in [0.1, 0.15) is 48.7 Å². The molecule has 0 saturated heterocycles. The van der Waals surface area contributed by atoms with Crippen molar-refractivity contribution >= 4 is 44.4 Å². The average molecular weight is 420 g/mol. The van der Waals surface area contributed by atoms with Gasteiger partial charge in [-0.3, -0.25) is 4.79 Å². The van der Waals surface area contributed by atoms with Gasteiger partial charge in [-0.2, -0.15) is 0 Å². The predicted molar refractivity (Wildman–Crippen MR) is 83.6 cm³/mol. The third kappa shape index (κ3) is 1.92. The molecule has 1 unspecified atom stereocenters. The Hall–Kier alpha value is -0.100. The standard InChI is InChI=1S/C14H15BrINO/c1-7(9-3-4-9)17-8(2)11-5-10(15)6-12(16)13(11)14(17)18/h5-9H,3-4H2,1-2H3/t7-,8?/m0/s1. The van der Waals surface area contributed by atoms with Gasteiger partial charge in [-0.1, -0.05) is 15.9 Å². The zero-order valence-electron chi connectivity index (χ0n) is 10.4. The Morgan fingerprint density at radius 3 is 2.72 bits per heavy atom. The highest BCUT2D eigenvalue weighted by Gasteiger charge is 2.43. The number of benzene rings is 1. The first kappa shape index (κ1) is 12.9. The van der Waals surface area contributed by atoms with Crippen molar-refractivity contribution in [2.45, 2.75) is 38.8 Å². The van der Waals surface area contributed by atoms with Crippen LogP contribution in [-0.4, -0.2) is 16.8 Å². The molecule has 1 amide bonds. The van der Waals surface area contributed by atoms with Crippen molar-refractivity contribution in [3.63, 3.8) is 0 Å². The van der Waals surface area contributed by atoms with Crippen molar-refractivity contribution in [1.82, 2.24) is 4.90 Å². The molecule has 2 atom stereocenters. The van der Waals surface area contributed by atoms with Crippen LogP contribution in [0.15, 0.2) is 16.6 Å². The molecule has 0 radical (unpaired) electrons. The van der Waals surface area contributed by atoms with Gasteiger partial charge in [0, 0.05) is 14.1 Å². The second kappa shape index (κ2) is 4.47. The lowest BCUT2D eigenvalue weighted by Gasteiger charge is -2.29. The summed E-state index contributed by atoms with van der Waals surface area (Å²) in [5.74, 6) is 0.931. The van der Waals surface area contributed by atoms with E-state index in [1.54, 1.807) is 0 Å². The van der Waals surface area contributed by atoms with E-state index in [4.69, 9.17) is 0 Å². The summed E-state index contributed by atoms with van der Waals surface area (Å²) < 4.78 is 2.12. The van der Waals surface area contributed by atoms with Crippen LogP contribution in [0.3, 0.4) is 0 Å². The molecule has 1 aliphatic carbocycles. The molecule has 4 heteroatoms. The molecule has 96 valence electrons. The number of halogens is 2. The van der Waals surface area contributed by atoms with Crippen molar-refractivity contribution in [2.24, 2.45) is 5.92 Å². The normalized spacial score (nSPS) is 24.3. The molecule has 1 aromatic carbocycles. The molecule has 2 nitrogen and oxygen atoms in total. The first-order chi connectivity index (χ1) is 8.50. The molecule has 1 aromatic rings. The Labute approximate surface area is 129 Å². The topological polar surface area (TPSA) is 20.3 Å². The highest BCUT2D eigenvalue weighted by Crippen LogP contribution is 2.44. The zero-order valence-corrected chi connectivity index (χ0v) is 14.2. The Balaban J connectivity index is 2.04. The molecule has 0 N–H and O–H groups in total. The van der Waals surface area contributed by atoms with Crippen LogP contribution in [0.5, 0.6) is 0 Å². The van der Waals surface area contributed by atoms with Gasteiger partial charge in [0.15, 0.2) is 0 Å². The molecule has 0 spiro atoms. The molecule has 3 rings (SSSR count). The monoisotopic (exact) mass is 419 g/mol. The fourth-order valence-electron chi connectivity index (χ4n) is 2.95. The Bertz CT molecular complexity index is 527. The van der Waals surface area contributed by atoms with Crippen LogP contribution in [0, 0.1) is 9.49 Å². The fraction of sp³-hybridized carbons (Fsp3) is 0.500. The van der Waals surface area contributed by atoms with Gasteiger partial charge in [0.1, 0.15) is 0 Å². The van der Waals surface area contributed by atoms with E-state index >= 15 is 0 Å². The maximum Gasteiger partial charge on any atom is 0.256 e. The van der Waals surface area contributed by atoms with Gasteiger partial charge in [-0.25, -0.2) is 0 Å². The van der Waals surface area contributed by atoms with E-state index in [1.165, 1.54) is 18.4 Å². The quantitative estimate of drug-likeness (QED) is 0.652. The molecule has 0 bridgehead atoms. The maximum absolute atomic E-state index is 12.6. The molecule has 18 heavy (non-hydrogen) atoms. The van der Waals surface area contributed by atoms with Crippen molar-refractivity contribution in [2.75, 3.05) is 0 Å². The minimum Gasteiger partial charge on any atom is -0.329 e. The first-order valence-corrected chi connectivity index (χ1v) is 8.19. The summed E-state index contributed by atoms with van der Waals surface area (Å²) in [4.78, 5) is 14.7. The van der Waals surface area contributed by atoms with E-state index in [0.29, 0.717) is 12.0 Å². The highest BCUT2D eigenvalue weighted by molar-refractivity contribution is 14.1. The Kier molecular flexibility index (Phi) is 3.21. The van der Waals surface area contributed by atoms with Crippen molar-refractivity contribution in [3.05, 3.63) is 31.3 Å². The van der Waals surface area contributed by atoms with E-state index in [9.17, 15) is 4.79 Å². The van der Waals surface area contributed by atoms with Gasteiger partial charge in [0.25, 0.3) is 5.91 Å². The molecule has 1 fully saturated rings. The number of fused-ring (bicyclic) bond motifs is 1. The molecule has 1 saturated carbocycles. The number of amides is 1. The van der Waals surface area contributed by atoms with Gasteiger partial charge in [0.05, 0.1) is 11.6 Å². The fourth-order valence-corrected chi connectivity index (χ4v) is 4.73. The second-order valence-corrected chi connectivity index (χ2v) is 7.40. The minimum absolute atomic E-state index is 0.203. The lowest BCUT2D eigenvalue weighted by molar-refractivity contribution is 0.0636. The van der Waals surface area contributed by atoms with Gasteiger partial charge >= 0.3 is 0 Å². The van der Waals surface area contributed by atoms with Crippen LogP contribution >= 0.6 is 38.5 Å². The third-order valence-electron chi connectivity index (χ3n) is 4.14. The van der Waals surface area contributed by atoms with Gasteiger partial charge < -0.3 is 4.90 Å². The average Bonchev–Trinajstić information content (AvgIpc) is 3.07.